The van der Waals surface area contributed by atoms with Crippen molar-refractivity contribution >= 4 is 29.5 Å². The molecule has 1 aromatic carbocycles. The van der Waals surface area contributed by atoms with Gasteiger partial charge in [0.1, 0.15) is 6.33 Å². The molecule has 0 atom stereocenters. The Morgan fingerprint density at radius 3 is 2.43 bits per heavy atom. The number of hydrogen-bond donors (Lipinski definition) is 0. The number of rotatable bonds is 5. The SMILES string of the molecule is Cn1cnnc1SCC(=O)OCN1C(=O)c2ccccc2C1=O. The highest BCUT2D eigenvalue weighted by atomic mass is 32.2. The normalized spacial score (nSPS) is 13.3. The number of hydrogen-bond acceptors (Lipinski definition) is 7. The van der Waals surface area contributed by atoms with Gasteiger partial charge < -0.3 is 9.30 Å². The first-order valence-electron chi connectivity index (χ1n) is 6.65. The lowest BCUT2D eigenvalue weighted by atomic mass is 10.1. The molecule has 2 aromatic rings. The number of esters is 1. The van der Waals surface area contributed by atoms with E-state index in [0.717, 1.165) is 16.7 Å². The fraction of sp³-hybridized carbons (Fsp3) is 0.214. The smallest absolute Gasteiger partial charge is 0.318 e. The lowest BCUT2D eigenvalue weighted by molar-refractivity contribution is -0.142. The molecule has 0 radical (unpaired) electrons. The molecule has 1 aliphatic rings. The summed E-state index contributed by atoms with van der Waals surface area (Å²) in [4.78, 5) is 36.8. The van der Waals surface area contributed by atoms with Gasteiger partial charge in [-0.2, -0.15) is 0 Å². The monoisotopic (exact) mass is 332 g/mol. The number of carbonyl (C=O) groups is 3. The van der Waals surface area contributed by atoms with Crippen molar-refractivity contribution in [2.75, 3.05) is 12.5 Å². The van der Waals surface area contributed by atoms with E-state index in [1.54, 1.807) is 35.9 Å². The van der Waals surface area contributed by atoms with E-state index in [0.29, 0.717) is 16.3 Å². The van der Waals surface area contributed by atoms with Gasteiger partial charge in [-0.1, -0.05) is 23.9 Å². The molecule has 0 spiro atoms. The van der Waals surface area contributed by atoms with E-state index in [2.05, 4.69) is 10.2 Å². The van der Waals surface area contributed by atoms with Gasteiger partial charge in [0.2, 0.25) is 0 Å². The van der Waals surface area contributed by atoms with Crippen LogP contribution in [0, 0.1) is 0 Å². The van der Waals surface area contributed by atoms with Crippen LogP contribution in [0.4, 0.5) is 0 Å². The number of amides is 2. The number of nitrogens with zero attached hydrogens (tertiary/aromatic N) is 4. The minimum atomic E-state index is -0.547. The number of fused-ring (bicyclic) bond motifs is 1. The second-order valence-corrected chi connectivity index (χ2v) is 5.68. The lowest BCUT2D eigenvalue weighted by Gasteiger charge is -2.13. The fourth-order valence-corrected chi connectivity index (χ4v) is 2.75. The third-order valence-electron chi connectivity index (χ3n) is 3.22. The average Bonchev–Trinajstić information content (AvgIpc) is 3.07. The molecule has 1 aliphatic heterocycles. The van der Waals surface area contributed by atoms with E-state index >= 15 is 0 Å². The number of aryl methyl sites for hydroxylation is 1. The second-order valence-electron chi connectivity index (χ2n) is 4.74. The summed E-state index contributed by atoms with van der Waals surface area (Å²) in [6.07, 6.45) is 1.52. The van der Waals surface area contributed by atoms with Gasteiger partial charge >= 0.3 is 5.97 Å². The molecule has 2 amide bonds. The lowest BCUT2D eigenvalue weighted by Crippen LogP contribution is -2.33. The maximum atomic E-state index is 12.1. The van der Waals surface area contributed by atoms with E-state index in [1.807, 2.05) is 0 Å². The molecule has 0 fully saturated rings. The van der Waals surface area contributed by atoms with Gasteiger partial charge in [0.15, 0.2) is 11.9 Å². The Labute approximate surface area is 135 Å². The van der Waals surface area contributed by atoms with E-state index in [1.165, 1.54) is 6.33 Å². The molecule has 9 heteroatoms. The molecule has 1 aromatic heterocycles. The Bertz CT molecular complexity index is 754. The zero-order chi connectivity index (χ0) is 16.4. The molecule has 0 N–H and O–H groups in total. The van der Waals surface area contributed by atoms with Crippen LogP contribution in [0.15, 0.2) is 35.7 Å². The summed E-state index contributed by atoms with van der Waals surface area (Å²) in [5, 5.41) is 8.09. The minimum absolute atomic E-state index is 0.00963. The van der Waals surface area contributed by atoms with E-state index in [4.69, 9.17) is 4.74 Å². The Morgan fingerprint density at radius 2 is 1.87 bits per heavy atom. The van der Waals surface area contributed by atoms with Crippen molar-refractivity contribution in [3.05, 3.63) is 41.7 Å². The number of imide groups is 1. The number of benzene rings is 1. The van der Waals surface area contributed by atoms with Gasteiger partial charge in [-0.25, -0.2) is 4.90 Å². The first kappa shape index (κ1) is 15.2. The van der Waals surface area contributed by atoms with Crippen LogP contribution in [0.2, 0.25) is 0 Å². The van der Waals surface area contributed by atoms with Crippen molar-refractivity contribution in [3.8, 4) is 0 Å². The van der Waals surface area contributed by atoms with E-state index in [-0.39, 0.29) is 5.75 Å². The average molecular weight is 332 g/mol. The van der Waals surface area contributed by atoms with Crippen LogP contribution in [0.5, 0.6) is 0 Å². The number of aromatic nitrogens is 3. The van der Waals surface area contributed by atoms with Gasteiger partial charge in [0.25, 0.3) is 11.8 Å². The molecule has 2 heterocycles. The molecule has 118 valence electrons. The summed E-state index contributed by atoms with van der Waals surface area (Å²) >= 11 is 1.16. The van der Waals surface area contributed by atoms with Crippen LogP contribution in [-0.4, -0.2) is 49.9 Å². The Hall–Kier alpha value is -2.68. The van der Waals surface area contributed by atoms with Crippen molar-refractivity contribution in [1.82, 2.24) is 19.7 Å². The highest BCUT2D eigenvalue weighted by molar-refractivity contribution is 7.99. The molecule has 8 nitrogen and oxygen atoms in total. The van der Waals surface area contributed by atoms with Crippen molar-refractivity contribution in [1.29, 1.82) is 0 Å². The molecule has 0 unspecified atom stereocenters. The Kier molecular flexibility index (Phi) is 4.11. The number of carbonyl (C=O) groups excluding carboxylic acids is 3. The van der Waals surface area contributed by atoms with Gasteiger partial charge in [0.05, 0.1) is 16.9 Å². The predicted octanol–water partition coefficient (Wildman–Crippen LogP) is 0.704. The van der Waals surface area contributed by atoms with Crippen molar-refractivity contribution in [2.24, 2.45) is 7.05 Å². The van der Waals surface area contributed by atoms with Crippen molar-refractivity contribution in [3.63, 3.8) is 0 Å². The molecule has 0 saturated carbocycles. The zero-order valence-corrected chi connectivity index (χ0v) is 12.9. The third kappa shape index (κ3) is 2.95. The first-order chi connectivity index (χ1) is 11.1. The Morgan fingerprint density at radius 1 is 1.22 bits per heavy atom. The van der Waals surface area contributed by atoms with Crippen LogP contribution in [0.25, 0.3) is 0 Å². The Balaban J connectivity index is 1.55. The topological polar surface area (TPSA) is 94.4 Å². The van der Waals surface area contributed by atoms with Crippen LogP contribution >= 0.6 is 11.8 Å². The van der Waals surface area contributed by atoms with Crippen molar-refractivity contribution in [2.45, 2.75) is 5.16 Å². The highest BCUT2D eigenvalue weighted by Gasteiger charge is 2.35. The molecular formula is C14H12N4O4S. The molecular weight excluding hydrogens is 320 g/mol. The maximum Gasteiger partial charge on any atom is 0.318 e. The van der Waals surface area contributed by atoms with Crippen LogP contribution < -0.4 is 0 Å². The highest BCUT2D eigenvalue weighted by Crippen LogP contribution is 2.22. The molecule has 0 saturated heterocycles. The van der Waals surface area contributed by atoms with Crippen LogP contribution in [0.3, 0.4) is 0 Å². The summed E-state index contributed by atoms with van der Waals surface area (Å²) < 4.78 is 6.67. The van der Waals surface area contributed by atoms with Gasteiger partial charge in [0, 0.05) is 7.05 Å². The molecule has 0 bridgehead atoms. The number of thioether (sulfide) groups is 1. The summed E-state index contributed by atoms with van der Waals surface area (Å²) in [6.45, 7) is -0.398. The van der Waals surface area contributed by atoms with Gasteiger partial charge in [-0.3, -0.25) is 14.4 Å². The maximum absolute atomic E-state index is 12.1. The third-order valence-corrected chi connectivity index (χ3v) is 4.23. The van der Waals surface area contributed by atoms with Gasteiger partial charge in [-0.05, 0) is 12.1 Å². The summed E-state index contributed by atoms with van der Waals surface area (Å²) in [7, 11) is 1.76. The minimum Gasteiger partial charge on any atom is -0.443 e. The summed E-state index contributed by atoms with van der Waals surface area (Å²) in [5.74, 6) is -1.45. The van der Waals surface area contributed by atoms with Crippen molar-refractivity contribution < 1.29 is 19.1 Å². The largest absolute Gasteiger partial charge is 0.443 e. The van der Waals surface area contributed by atoms with Crippen LogP contribution in [-0.2, 0) is 16.6 Å². The second kappa shape index (κ2) is 6.21. The molecule has 23 heavy (non-hydrogen) atoms. The van der Waals surface area contributed by atoms with Crippen LogP contribution in [0.1, 0.15) is 20.7 Å². The summed E-state index contributed by atoms with van der Waals surface area (Å²) in [5.41, 5.74) is 0.643. The molecule has 3 rings (SSSR count). The number of ether oxygens (including phenoxy) is 1. The first-order valence-corrected chi connectivity index (χ1v) is 7.64. The quantitative estimate of drug-likeness (QED) is 0.452. The molecule has 0 aliphatic carbocycles. The van der Waals surface area contributed by atoms with Gasteiger partial charge in [-0.15, -0.1) is 10.2 Å². The standard InChI is InChI=1S/C14H12N4O4S/c1-17-7-15-16-14(17)23-6-11(19)22-8-18-12(20)9-4-2-3-5-10(9)13(18)21/h2-5,7H,6,8H2,1H3. The van der Waals surface area contributed by atoms with E-state index < -0.39 is 24.5 Å². The predicted molar refractivity (Wildman–Crippen MR) is 79.6 cm³/mol. The summed E-state index contributed by atoms with van der Waals surface area (Å²) in [6, 6.07) is 6.50. The van der Waals surface area contributed by atoms with E-state index in [9.17, 15) is 14.4 Å². The fourth-order valence-electron chi connectivity index (χ4n) is 2.06. The zero-order valence-electron chi connectivity index (χ0n) is 12.1.